The summed E-state index contributed by atoms with van der Waals surface area (Å²) < 4.78 is 12.7. The molecule has 1 aliphatic heterocycles. The lowest BCUT2D eigenvalue weighted by Gasteiger charge is -2.17. The zero-order valence-corrected chi connectivity index (χ0v) is 13.9. The summed E-state index contributed by atoms with van der Waals surface area (Å²) in [6.07, 6.45) is -0.104. The number of carbonyl (C=O) groups is 1. The van der Waals surface area contributed by atoms with E-state index in [2.05, 4.69) is 37.2 Å². The molecule has 0 bridgehead atoms. The van der Waals surface area contributed by atoms with Crippen molar-refractivity contribution < 1.29 is 14.3 Å². The summed E-state index contributed by atoms with van der Waals surface area (Å²) in [5.74, 6) is -0.694. The molecule has 1 aromatic rings. The van der Waals surface area contributed by atoms with Crippen LogP contribution in [0.25, 0.3) is 0 Å². The van der Waals surface area contributed by atoms with E-state index < -0.39 is 5.79 Å². The van der Waals surface area contributed by atoms with Gasteiger partial charge in [0, 0.05) is 15.5 Å². The van der Waals surface area contributed by atoms with E-state index in [-0.39, 0.29) is 12.0 Å². The number of amides is 1. The second kappa shape index (κ2) is 5.91. The molecule has 1 N–H and O–H groups in total. The predicted molar refractivity (Wildman–Crippen MR) is 79.1 cm³/mol. The fourth-order valence-electron chi connectivity index (χ4n) is 1.84. The number of halogens is 2. The van der Waals surface area contributed by atoms with Crippen LogP contribution < -0.4 is 5.32 Å². The van der Waals surface area contributed by atoms with Gasteiger partial charge in [0.2, 0.25) is 0 Å². The van der Waals surface area contributed by atoms with Crippen LogP contribution in [0.2, 0.25) is 0 Å². The van der Waals surface area contributed by atoms with Gasteiger partial charge >= 0.3 is 0 Å². The van der Waals surface area contributed by atoms with E-state index in [4.69, 9.17) is 9.47 Å². The average Bonchev–Trinajstić information content (AvgIpc) is 2.66. The van der Waals surface area contributed by atoms with E-state index in [0.717, 1.165) is 8.95 Å². The molecule has 1 aromatic carbocycles. The molecule has 0 saturated carbocycles. The first-order valence-corrected chi connectivity index (χ1v) is 7.51. The van der Waals surface area contributed by atoms with Crippen molar-refractivity contribution in [3.05, 3.63) is 32.7 Å². The van der Waals surface area contributed by atoms with Gasteiger partial charge in [-0.25, -0.2) is 0 Å². The minimum absolute atomic E-state index is 0.104. The monoisotopic (exact) mass is 391 g/mol. The molecule has 4 nitrogen and oxygen atoms in total. The lowest BCUT2D eigenvalue weighted by Crippen LogP contribution is -2.34. The van der Waals surface area contributed by atoms with Crippen LogP contribution in [0.4, 0.5) is 0 Å². The van der Waals surface area contributed by atoms with Crippen LogP contribution in [-0.2, 0) is 9.47 Å². The standard InChI is InChI=1S/C13H15Br2NO3/c1-13(2)18-7-9(19-13)6-16-12(17)10-4-3-8(14)5-11(10)15/h3-5,9H,6-7H2,1-2H3,(H,16,17). The summed E-state index contributed by atoms with van der Waals surface area (Å²) in [4.78, 5) is 12.0. The molecule has 19 heavy (non-hydrogen) atoms. The van der Waals surface area contributed by atoms with Crippen molar-refractivity contribution in [2.75, 3.05) is 13.2 Å². The molecule has 1 unspecified atom stereocenters. The molecule has 1 aliphatic rings. The third kappa shape index (κ3) is 4.02. The van der Waals surface area contributed by atoms with Crippen molar-refractivity contribution in [3.8, 4) is 0 Å². The van der Waals surface area contributed by atoms with Crippen molar-refractivity contribution in [1.29, 1.82) is 0 Å². The second-order valence-electron chi connectivity index (χ2n) is 4.78. The largest absolute Gasteiger partial charge is 0.349 e. The highest BCUT2D eigenvalue weighted by atomic mass is 79.9. The van der Waals surface area contributed by atoms with Crippen LogP contribution in [0.15, 0.2) is 27.1 Å². The molecule has 104 valence electrons. The zero-order chi connectivity index (χ0) is 14.0. The highest BCUT2D eigenvalue weighted by Crippen LogP contribution is 2.23. The summed E-state index contributed by atoms with van der Waals surface area (Å²) in [6.45, 7) is 4.65. The summed E-state index contributed by atoms with van der Waals surface area (Å²) >= 11 is 6.73. The Balaban J connectivity index is 1.91. The number of benzene rings is 1. The molecule has 6 heteroatoms. The van der Waals surface area contributed by atoms with Gasteiger partial charge in [-0.15, -0.1) is 0 Å². The van der Waals surface area contributed by atoms with Gasteiger partial charge in [-0.3, -0.25) is 4.79 Å². The van der Waals surface area contributed by atoms with Gasteiger partial charge in [-0.05, 0) is 48.0 Å². The number of carbonyl (C=O) groups excluding carboxylic acids is 1. The van der Waals surface area contributed by atoms with Gasteiger partial charge in [-0.1, -0.05) is 15.9 Å². The van der Waals surface area contributed by atoms with Crippen LogP contribution in [0.1, 0.15) is 24.2 Å². The van der Waals surface area contributed by atoms with Crippen LogP contribution in [0, 0.1) is 0 Å². The van der Waals surface area contributed by atoms with Gasteiger partial charge in [0.1, 0.15) is 6.10 Å². The lowest BCUT2D eigenvalue weighted by atomic mass is 10.2. The Morgan fingerprint density at radius 2 is 2.21 bits per heavy atom. The molecule has 2 rings (SSSR count). The molecule has 0 radical (unpaired) electrons. The normalized spacial score (nSPS) is 21.4. The smallest absolute Gasteiger partial charge is 0.252 e. The Labute approximate surface area is 129 Å². The Hall–Kier alpha value is -0.430. The fourth-order valence-corrected chi connectivity index (χ4v) is 3.07. The topological polar surface area (TPSA) is 47.6 Å². The number of hydrogen-bond donors (Lipinski definition) is 1. The van der Waals surface area contributed by atoms with Gasteiger partial charge in [-0.2, -0.15) is 0 Å². The van der Waals surface area contributed by atoms with Crippen molar-refractivity contribution in [2.45, 2.75) is 25.7 Å². The Morgan fingerprint density at radius 1 is 1.47 bits per heavy atom. The molecule has 0 aromatic heterocycles. The fraction of sp³-hybridized carbons (Fsp3) is 0.462. The molecular weight excluding hydrogens is 378 g/mol. The summed E-state index contributed by atoms with van der Waals surface area (Å²) in [7, 11) is 0. The third-order valence-corrected chi connectivity index (χ3v) is 3.88. The quantitative estimate of drug-likeness (QED) is 0.859. The average molecular weight is 393 g/mol. The van der Waals surface area contributed by atoms with E-state index in [1.165, 1.54) is 0 Å². The van der Waals surface area contributed by atoms with Gasteiger partial charge in [0.05, 0.1) is 12.2 Å². The molecular formula is C13H15Br2NO3. The minimum atomic E-state index is -0.562. The highest BCUT2D eigenvalue weighted by Gasteiger charge is 2.32. The minimum Gasteiger partial charge on any atom is -0.349 e. The van der Waals surface area contributed by atoms with Crippen molar-refractivity contribution >= 4 is 37.8 Å². The van der Waals surface area contributed by atoms with Crippen LogP contribution in [0.3, 0.4) is 0 Å². The molecule has 1 atom stereocenters. The van der Waals surface area contributed by atoms with Crippen molar-refractivity contribution in [1.82, 2.24) is 5.32 Å². The van der Waals surface area contributed by atoms with Gasteiger partial charge in [0.25, 0.3) is 5.91 Å². The Morgan fingerprint density at radius 3 is 2.79 bits per heavy atom. The highest BCUT2D eigenvalue weighted by molar-refractivity contribution is 9.11. The van der Waals surface area contributed by atoms with E-state index in [9.17, 15) is 4.79 Å². The number of hydrogen-bond acceptors (Lipinski definition) is 3. The van der Waals surface area contributed by atoms with Crippen molar-refractivity contribution in [2.24, 2.45) is 0 Å². The van der Waals surface area contributed by atoms with Crippen LogP contribution >= 0.6 is 31.9 Å². The molecule has 1 saturated heterocycles. The maximum Gasteiger partial charge on any atom is 0.252 e. The lowest BCUT2D eigenvalue weighted by molar-refractivity contribution is -0.137. The SMILES string of the molecule is CC1(C)OCC(CNC(=O)c2ccc(Br)cc2Br)O1. The van der Waals surface area contributed by atoms with Crippen molar-refractivity contribution in [3.63, 3.8) is 0 Å². The molecule has 0 spiro atoms. The molecule has 1 fully saturated rings. The van der Waals surface area contributed by atoms with Gasteiger partial charge < -0.3 is 14.8 Å². The van der Waals surface area contributed by atoms with Crippen LogP contribution in [-0.4, -0.2) is 30.9 Å². The maximum atomic E-state index is 12.0. The molecule has 1 amide bonds. The predicted octanol–water partition coefficient (Wildman–Crippen LogP) is 3.09. The van der Waals surface area contributed by atoms with E-state index in [1.807, 2.05) is 26.0 Å². The zero-order valence-electron chi connectivity index (χ0n) is 10.7. The second-order valence-corrected chi connectivity index (χ2v) is 6.55. The van der Waals surface area contributed by atoms with E-state index >= 15 is 0 Å². The van der Waals surface area contributed by atoms with Gasteiger partial charge in [0.15, 0.2) is 5.79 Å². The first-order valence-electron chi connectivity index (χ1n) is 5.92. The number of rotatable bonds is 3. The summed E-state index contributed by atoms with van der Waals surface area (Å²) in [6, 6.07) is 5.44. The summed E-state index contributed by atoms with van der Waals surface area (Å²) in [5.41, 5.74) is 0.598. The van der Waals surface area contributed by atoms with E-state index in [1.54, 1.807) is 6.07 Å². The third-order valence-electron chi connectivity index (χ3n) is 2.73. The van der Waals surface area contributed by atoms with Crippen LogP contribution in [0.5, 0.6) is 0 Å². The molecule has 0 aliphatic carbocycles. The Kier molecular flexibility index (Phi) is 4.66. The maximum absolute atomic E-state index is 12.0. The summed E-state index contributed by atoms with van der Waals surface area (Å²) in [5, 5.41) is 2.85. The van der Waals surface area contributed by atoms with E-state index in [0.29, 0.717) is 18.7 Å². The first kappa shape index (κ1) is 15.0. The first-order chi connectivity index (χ1) is 8.87. The number of nitrogens with one attached hydrogen (secondary N) is 1. The number of ether oxygens (including phenoxy) is 2. The Bertz CT molecular complexity index is 491. The molecule has 1 heterocycles.